The van der Waals surface area contributed by atoms with Crippen molar-refractivity contribution in [2.24, 2.45) is 0 Å². The molecule has 0 fully saturated rings. The van der Waals surface area contributed by atoms with Gasteiger partial charge in [-0.15, -0.1) is 0 Å². The summed E-state index contributed by atoms with van der Waals surface area (Å²) in [6.45, 7) is 1.77. The fourth-order valence-corrected chi connectivity index (χ4v) is 1.84. The molecular formula is C14H16N4. The Morgan fingerprint density at radius 1 is 1.28 bits per heavy atom. The highest BCUT2D eigenvalue weighted by Crippen LogP contribution is 2.23. The van der Waals surface area contributed by atoms with Gasteiger partial charge in [-0.2, -0.15) is 5.26 Å². The summed E-state index contributed by atoms with van der Waals surface area (Å²) in [5.41, 5.74) is 0.686. The van der Waals surface area contributed by atoms with E-state index in [4.69, 9.17) is 5.26 Å². The number of nitriles is 1. The first-order valence-corrected chi connectivity index (χ1v) is 5.89. The molecule has 0 aliphatic carbocycles. The number of likely N-dealkylation sites (N-methyl/N-ethyl adjacent to an activating group) is 1. The van der Waals surface area contributed by atoms with Crippen LogP contribution in [0.1, 0.15) is 5.56 Å². The summed E-state index contributed by atoms with van der Waals surface area (Å²) in [5.74, 6) is 0.839. The highest BCUT2D eigenvalue weighted by molar-refractivity contribution is 5.95. The molecule has 2 rings (SSSR count). The lowest BCUT2D eigenvalue weighted by atomic mass is 10.1. The molecule has 0 unspecified atom stereocenters. The largest absolute Gasteiger partial charge is 0.368 e. The standard InChI is InChI=1S/C14H16N4/c1-18(2)9-8-17-14-13-5-3-4-11(10-15)12(13)6-7-16-14/h3-7H,8-9H2,1-2H3,(H,16,17). The third-order valence-electron chi connectivity index (χ3n) is 2.78. The summed E-state index contributed by atoms with van der Waals surface area (Å²) >= 11 is 0. The van der Waals surface area contributed by atoms with Crippen LogP contribution in [0.4, 0.5) is 5.82 Å². The minimum absolute atomic E-state index is 0.686. The van der Waals surface area contributed by atoms with Crippen molar-refractivity contribution < 1.29 is 0 Å². The van der Waals surface area contributed by atoms with Crippen molar-refractivity contribution in [2.45, 2.75) is 0 Å². The average Bonchev–Trinajstić information content (AvgIpc) is 2.38. The van der Waals surface area contributed by atoms with Gasteiger partial charge in [0.15, 0.2) is 0 Å². The molecule has 0 aliphatic heterocycles. The van der Waals surface area contributed by atoms with E-state index in [1.165, 1.54) is 0 Å². The smallest absolute Gasteiger partial charge is 0.133 e. The van der Waals surface area contributed by atoms with Crippen LogP contribution in [0, 0.1) is 11.3 Å². The molecule has 0 aliphatic rings. The normalized spacial score (nSPS) is 10.6. The number of hydrogen-bond donors (Lipinski definition) is 1. The van der Waals surface area contributed by atoms with Gasteiger partial charge in [0.2, 0.25) is 0 Å². The highest BCUT2D eigenvalue weighted by Gasteiger charge is 2.05. The van der Waals surface area contributed by atoms with Crippen molar-refractivity contribution in [2.75, 3.05) is 32.5 Å². The molecule has 0 saturated heterocycles. The van der Waals surface area contributed by atoms with E-state index in [0.29, 0.717) is 5.56 Å². The van der Waals surface area contributed by atoms with Gasteiger partial charge in [0.25, 0.3) is 0 Å². The van der Waals surface area contributed by atoms with E-state index in [1.54, 1.807) is 6.20 Å². The number of pyridine rings is 1. The van der Waals surface area contributed by atoms with Gasteiger partial charge in [-0.3, -0.25) is 0 Å². The summed E-state index contributed by atoms with van der Waals surface area (Å²) in [7, 11) is 4.07. The summed E-state index contributed by atoms with van der Waals surface area (Å²) in [5, 5.41) is 14.3. The van der Waals surface area contributed by atoms with Crippen LogP contribution in [0.3, 0.4) is 0 Å². The van der Waals surface area contributed by atoms with Gasteiger partial charge in [-0.1, -0.05) is 12.1 Å². The Labute approximate surface area is 107 Å². The Kier molecular flexibility index (Phi) is 3.75. The lowest BCUT2D eigenvalue weighted by Gasteiger charge is -2.12. The van der Waals surface area contributed by atoms with Gasteiger partial charge in [0.05, 0.1) is 11.6 Å². The maximum absolute atomic E-state index is 9.08. The van der Waals surface area contributed by atoms with Crippen LogP contribution in [-0.2, 0) is 0 Å². The maximum Gasteiger partial charge on any atom is 0.133 e. The minimum atomic E-state index is 0.686. The molecule has 0 saturated carbocycles. The molecule has 1 heterocycles. The molecule has 4 heteroatoms. The molecule has 0 atom stereocenters. The van der Waals surface area contributed by atoms with E-state index in [9.17, 15) is 0 Å². The second-order valence-corrected chi connectivity index (χ2v) is 4.40. The second kappa shape index (κ2) is 5.48. The first-order chi connectivity index (χ1) is 8.72. The molecule has 1 aromatic carbocycles. The molecule has 2 aromatic rings. The minimum Gasteiger partial charge on any atom is -0.368 e. The zero-order chi connectivity index (χ0) is 13.0. The topological polar surface area (TPSA) is 52.0 Å². The van der Waals surface area contributed by atoms with E-state index >= 15 is 0 Å². The summed E-state index contributed by atoms with van der Waals surface area (Å²) in [4.78, 5) is 6.45. The van der Waals surface area contributed by atoms with Crippen LogP contribution >= 0.6 is 0 Å². The number of nitrogens with zero attached hydrogens (tertiary/aromatic N) is 3. The van der Waals surface area contributed by atoms with Crippen LogP contribution in [0.2, 0.25) is 0 Å². The molecular weight excluding hydrogens is 224 g/mol. The van der Waals surface area contributed by atoms with Crippen LogP contribution in [0.5, 0.6) is 0 Å². The van der Waals surface area contributed by atoms with E-state index in [1.807, 2.05) is 38.4 Å². The van der Waals surface area contributed by atoms with Crippen molar-refractivity contribution in [1.29, 1.82) is 5.26 Å². The van der Waals surface area contributed by atoms with Crippen LogP contribution in [0.25, 0.3) is 10.8 Å². The predicted molar refractivity (Wildman–Crippen MR) is 73.5 cm³/mol. The Bertz CT molecular complexity index is 584. The second-order valence-electron chi connectivity index (χ2n) is 4.40. The monoisotopic (exact) mass is 240 g/mol. The van der Waals surface area contributed by atoms with Crippen molar-refractivity contribution in [3.63, 3.8) is 0 Å². The fraction of sp³-hybridized carbons (Fsp3) is 0.286. The zero-order valence-corrected chi connectivity index (χ0v) is 10.6. The zero-order valence-electron chi connectivity index (χ0n) is 10.6. The number of rotatable bonds is 4. The molecule has 92 valence electrons. The van der Waals surface area contributed by atoms with Crippen LogP contribution in [-0.4, -0.2) is 37.1 Å². The maximum atomic E-state index is 9.08. The molecule has 1 aromatic heterocycles. The number of nitrogens with one attached hydrogen (secondary N) is 1. The first kappa shape index (κ1) is 12.3. The third kappa shape index (κ3) is 2.58. The molecule has 4 nitrogen and oxygen atoms in total. The molecule has 0 amide bonds. The van der Waals surface area contributed by atoms with Gasteiger partial charge < -0.3 is 10.2 Å². The van der Waals surface area contributed by atoms with Crippen LogP contribution < -0.4 is 5.32 Å². The third-order valence-corrected chi connectivity index (χ3v) is 2.78. The lowest BCUT2D eigenvalue weighted by Crippen LogP contribution is -2.21. The first-order valence-electron chi connectivity index (χ1n) is 5.89. The van der Waals surface area contributed by atoms with Gasteiger partial charge in [-0.25, -0.2) is 4.98 Å². The van der Waals surface area contributed by atoms with Crippen LogP contribution in [0.15, 0.2) is 30.5 Å². The predicted octanol–water partition coefficient (Wildman–Crippen LogP) is 2.08. The highest BCUT2D eigenvalue weighted by atomic mass is 15.1. The Hall–Kier alpha value is -2.12. The number of aromatic nitrogens is 1. The quantitative estimate of drug-likeness (QED) is 0.889. The average molecular weight is 240 g/mol. The Balaban J connectivity index is 2.32. The van der Waals surface area contributed by atoms with Gasteiger partial charge >= 0.3 is 0 Å². The summed E-state index contributed by atoms with van der Waals surface area (Å²) in [6.07, 6.45) is 1.74. The number of fused-ring (bicyclic) bond motifs is 1. The number of anilines is 1. The van der Waals surface area contributed by atoms with Gasteiger partial charge in [0, 0.05) is 30.1 Å². The Morgan fingerprint density at radius 3 is 2.83 bits per heavy atom. The summed E-state index contributed by atoms with van der Waals surface area (Å²) < 4.78 is 0. The fourth-order valence-electron chi connectivity index (χ4n) is 1.84. The van der Waals surface area contributed by atoms with Gasteiger partial charge in [0.1, 0.15) is 5.82 Å². The molecule has 18 heavy (non-hydrogen) atoms. The molecule has 0 radical (unpaired) electrons. The van der Waals surface area contributed by atoms with E-state index in [2.05, 4.69) is 21.3 Å². The van der Waals surface area contributed by atoms with E-state index in [-0.39, 0.29) is 0 Å². The van der Waals surface area contributed by atoms with E-state index in [0.717, 1.165) is 29.7 Å². The van der Waals surface area contributed by atoms with Crippen molar-refractivity contribution in [3.8, 4) is 6.07 Å². The lowest BCUT2D eigenvalue weighted by molar-refractivity contribution is 0.425. The summed E-state index contributed by atoms with van der Waals surface area (Å²) in [6, 6.07) is 9.79. The number of benzene rings is 1. The van der Waals surface area contributed by atoms with Crippen molar-refractivity contribution in [1.82, 2.24) is 9.88 Å². The van der Waals surface area contributed by atoms with Crippen molar-refractivity contribution in [3.05, 3.63) is 36.0 Å². The Morgan fingerprint density at radius 2 is 2.11 bits per heavy atom. The molecule has 1 N–H and O–H groups in total. The molecule has 0 spiro atoms. The molecule has 0 bridgehead atoms. The SMILES string of the molecule is CN(C)CCNc1nccc2c(C#N)cccc12. The van der Waals surface area contributed by atoms with Gasteiger partial charge in [-0.05, 0) is 26.2 Å². The van der Waals surface area contributed by atoms with Crippen molar-refractivity contribution >= 4 is 16.6 Å². The number of hydrogen-bond acceptors (Lipinski definition) is 4. The van der Waals surface area contributed by atoms with E-state index < -0.39 is 0 Å².